The van der Waals surface area contributed by atoms with Crippen molar-refractivity contribution in [2.75, 3.05) is 0 Å². The predicted octanol–water partition coefficient (Wildman–Crippen LogP) is 2.63. The van der Waals surface area contributed by atoms with Crippen LogP contribution in [0.2, 0.25) is 19.1 Å². The Bertz CT molecular complexity index is 94.9. The van der Waals surface area contributed by atoms with E-state index in [1.807, 2.05) is 0 Å². The Labute approximate surface area is 54.1 Å². The van der Waals surface area contributed by atoms with Gasteiger partial charge >= 0.3 is 5.80 Å². The maximum absolute atomic E-state index is 11.9. The van der Waals surface area contributed by atoms with Gasteiger partial charge in [-0.15, -0.1) is 0 Å². The molecule has 0 N–H and O–H groups in total. The second-order valence-electron chi connectivity index (χ2n) is 2.63. The molecule has 0 saturated carbocycles. The van der Waals surface area contributed by atoms with Crippen LogP contribution in [0.15, 0.2) is 0 Å². The fourth-order valence-electron chi connectivity index (χ4n) is 0.142. The number of halogens is 3. The van der Waals surface area contributed by atoms with Crippen LogP contribution in [0, 0.1) is 6.92 Å². The molecule has 0 aromatic carbocycles. The van der Waals surface area contributed by atoms with Gasteiger partial charge in [-0.3, -0.25) is 0 Å². The van der Waals surface area contributed by atoms with Crippen molar-refractivity contribution in [1.29, 1.82) is 0 Å². The molecule has 0 saturated heterocycles. The van der Waals surface area contributed by atoms with Gasteiger partial charge in [-0.1, -0.05) is 20.0 Å². The Morgan fingerprint density at radius 2 is 1.67 bits per heavy atom. The van der Waals surface area contributed by atoms with Crippen molar-refractivity contribution in [2.45, 2.75) is 24.9 Å². The topological polar surface area (TPSA) is 0 Å². The molecule has 0 spiro atoms. The lowest BCUT2D eigenvalue weighted by Gasteiger charge is -2.22. The molecule has 0 aliphatic heterocycles. The molecule has 55 valence electrons. The van der Waals surface area contributed by atoms with Crippen LogP contribution >= 0.6 is 0 Å². The maximum atomic E-state index is 11.9. The smallest absolute Gasteiger partial charge is 0.177 e. The summed E-state index contributed by atoms with van der Waals surface area (Å²) >= 11 is 0. The first kappa shape index (κ1) is 9.01. The Balaban J connectivity index is 4.14. The Morgan fingerprint density at radius 3 is 1.67 bits per heavy atom. The van der Waals surface area contributed by atoms with Crippen molar-refractivity contribution in [2.24, 2.45) is 0 Å². The summed E-state index contributed by atoms with van der Waals surface area (Å²) in [5.41, 5.74) is 0. The molecular formula is C5H10F3Si. The first-order valence-electron chi connectivity index (χ1n) is 2.67. The number of rotatable bonds is 1. The van der Waals surface area contributed by atoms with Crippen LogP contribution in [0.25, 0.3) is 0 Å². The van der Waals surface area contributed by atoms with E-state index in [0.717, 1.165) is 0 Å². The highest BCUT2D eigenvalue weighted by Gasteiger charge is 2.47. The molecule has 0 bridgehead atoms. The lowest BCUT2D eigenvalue weighted by Crippen LogP contribution is -2.43. The quantitative estimate of drug-likeness (QED) is 0.511. The van der Waals surface area contributed by atoms with E-state index in [0.29, 0.717) is 0 Å². The molecule has 0 aliphatic carbocycles. The summed E-state index contributed by atoms with van der Waals surface area (Å²) in [6.07, 6.45) is 0. The average Bonchev–Trinajstić information content (AvgIpc) is 1.64. The van der Waals surface area contributed by atoms with Crippen LogP contribution < -0.4 is 0 Å². The van der Waals surface area contributed by atoms with Gasteiger partial charge in [-0.05, 0) is 6.04 Å². The highest BCUT2D eigenvalue weighted by molar-refractivity contribution is 6.79. The van der Waals surface area contributed by atoms with E-state index in [2.05, 4.69) is 6.92 Å². The fraction of sp³-hybridized carbons (Fsp3) is 0.800. The summed E-state index contributed by atoms with van der Waals surface area (Å²) in [6.45, 7) is 5.82. The standard InChI is InChI=1S/C5H10F3Si/c1-4-9(2,3)5(6,7)8/h1,4H2,2-3H3. The first-order valence-corrected chi connectivity index (χ1v) is 5.88. The zero-order valence-electron chi connectivity index (χ0n) is 5.55. The molecule has 0 aliphatic rings. The molecular weight excluding hydrogens is 145 g/mol. The van der Waals surface area contributed by atoms with Crippen molar-refractivity contribution in [1.82, 2.24) is 0 Å². The van der Waals surface area contributed by atoms with Gasteiger partial charge in [0.1, 0.15) is 0 Å². The van der Waals surface area contributed by atoms with E-state index in [9.17, 15) is 13.2 Å². The molecule has 4 heteroatoms. The third-order valence-electron chi connectivity index (χ3n) is 1.39. The van der Waals surface area contributed by atoms with Gasteiger partial charge in [0.2, 0.25) is 0 Å². The van der Waals surface area contributed by atoms with Gasteiger partial charge in [-0.2, -0.15) is 13.2 Å². The minimum atomic E-state index is -3.98. The SMILES string of the molecule is [CH2]C[Si](C)(C)C(F)(F)F. The molecule has 0 unspecified atom stereocenters. The highest BCUT2D eigenvalue weighted by Crippen LogP contribution is 2.30. The van der Waals surface area contributed by atoms with Gasteiger partial charge < -0.3 is 0 Å². The summed E-state index contributed by atoms with van der Waals surface area (Å²) in [4.78, 5) is 0. The van der Waals surface area contributed by atoms with Crippen LogP contribution in [-0.4, -0.2) is 13.9 Å². The summed E-state index contributed by atoms with van der Waals surface area (Å²) in [5, 5.41) is 0. The van der Waals surface area contributed by atoms with Crippen molar-refractivity contribution < 1.29 is 13.2 Å². The zero-order valence-corrected chi connectivity index (χ0v) is 6.55. The Hall–Kier alpha value is 0.00688. The summed E-state index contributed by atoms with van der Waals surface area (Å²) < 4.78 is 35.6. The van der Waals surface area contributed by atoms with Crippen LogP contribution in [0.5, 0.6) is 0 Å². The summed E-state index contributed by atoms with van der Waals surface area (Å²) in [6, 6.07) is 0.0243. The van der Waals surface area contributed by atoms with E-state index in [-0.39, 0.29) is 6.04 Å². The van der Waals surface area contributed by atoms with Crippen LogP contribution in [0.4, 0.5) is 13.2 Å². The lowest BCUT2D eigenvalue weighted by atomic mass is 11.0. The fourth-order valence-corrected chi connectivity index (χ4v) is 0.425. The van der Waals surface area contributed by atoms with Gasteiger partial charge in [0.15, 0.2) is 8.07 Å². The third-order valence-corrected chi connectivity index (χ3v) is 4.18. The van der Waals surface area contributed by atoms with Crippen molar-refractivity contribution in [3.8, 4) is 0 Å². The molecule has 0 fully saturated rings. The zero-order chi connectivity index (χ0) is 7.71. The molecule has 0 amide bonds. The molecule has 1 radical (unpaired) electrons. The normalized spacial score (nSPS) is 14.0. The van der Waals surface area contributed by atoms with E-state index in [4.69, 9.17) is 0 Å². The van der Waals surface area contributed by atoms with E-state index >= 15 is 0 Å². The van der Waals surface area contributed by atoms with Gasteiger partial charge in [0.25, 0.3) is 0 Å². The number of alkyl halides is 3. The Kier molecular flexibility index (Phi) is 2.33. The van der Waals surface area contributed by atoms with E-state index in [1.54, 1.807) is 0 Å². The largest absolute Gasteiger partial charge is 0.361 e. The first-order chi connectivity index (χ1) is 3.81. The van der Waals surface area contributed by atoms with Gasteiger partial charge in [-0.25, -0.2) is 0 Å². The molecule has 0 atom stereocenters. The molecule has 9 heavy (non-hydrogen) atoms. The number of hydrogen-bond acceptors (Lipinski definition) is 0. The van der Waals surface area contributed by atoms with E-state index < -0.39 is 13.9 Å². The highest BCUT2D eigenvalue weighted by atomic mass is 28.3. The van der Waals surface area contributed by atoms with Crippen molar-refractivity contribution in [3.63, 3.8) is 0 Å². The van der Waals surface area contributed by atoms with E-state index in [1.165, 1.54) is 13.1 Å². The molecule has 0 rings (SSSR count). The summed E-state index contributed by atoms with van der Waals surface area (Å²) in [5.74, 6) is -3.98. The van der Waals surface area contributed by atoms with Crippen LogP contribution in [0.1, 0.15) is 0 Å². The second-order valence-corrected chi connectivity index (χ2v) is 7.47. The van der Waals surface area contributed by atoms with Crippen LogP contribution in [-0.2, 0) is 0 Å². The van der Waals surface area contributed by atoms with Crippen LogP contribution in [0.3, 0.4) is 0 Å². The van der Waals surface area contributed by atoms with Gasteiger partial charge in [0, 0.05) is 0 Å². The molecule has 0 nitrogen and oxygen atoms in total. The monoisotopic (exact) mass is 155 g/mol. The molecule has 0 heterocycles. The molecule has 0 aromatic rings. The predicted molar refractivity (Wildman–Crippen MR) is 33.7 cm³/mol. The lowest BCUT2D eigenvalue weighted by molar-refractivity contribution is -0.0558. The minimum absolute atomic E-state index is 0.0243. The second kappa shape index (κ2) is 2.32. The third kappa shape index (κ3) is 2.00. The van der Waals surface area contributed by atoms with Crippen molar-refractivity contribution in [3.05, 3.63) is 6.92 Å². The maximum Gasteiger partial charge on any atom is 0.361 e. The van der Waals surface area contributed by atoms with Gasteiger partial charge in [0.05, 0.1) is 0 Å². The average molecular weight is 155 g/mol. The molecule has 0 aromatic heterocycles. The number of hydrogen-bond donors (Lipinski definition) is 0. The Morgan fingerprint density at radius 1 is 1.33 bits per heavy atom. The van der Waals surface area contributed by atoms with Crippen molar-refractivity contribution >= 4 is 8.07 Å². The minimum Gasteiger partial charge on any atom is -0.177 e. The summed E-state index contributed by atoms with van der Waals surface area (Å²) in [7, 11) is -2.99.